The van der Waals surface area contributed by atoms with Gasteiger partial charge in [-0.15, -0.1) is 0 Å². The van der Waals surface area contributed by atoms with E-state index in [9.17, 15) is 10.2 Å². The minimum absolute atomic E-state index is 0.371. The van der Waals surface area contributed by atoms with E-state index in [4.69, 9.17) is 0 Å². The Bertz CT molecular complexity index is 860. The molecular weight excluding hydrogens is 320 g/mol. The smallest absolute Gasteiger partial charge is 0.0940 e. The SMILES string of the molecule is CC(C)(O)C(C)(O)Cc1ccc(-c2ccccc2)cc1-c1ccccc1. The van der Waals surface area contributed by atoms with E-state index in [0.29, 0.717) is 6.42 Å². The van der Waals surface area contributed by atoms with Gasteiger partial charge < -0.3 is 10.2 Å². The Labute approximate surface area is 155 Å². The first-order valence-corrected chi connectivity index (χ1v) is 8.96. The van der Waals surface area contributed by atoms with Gasteiger partial charge in [0.1, 0.15) is 0 Å². The Balaban J connectivity index is 2.10. The normalized spacial score (nSPS) is 14.0. The average molecular weight is 346 g/mol. The molecule has 3 aromatic rings. The summed E-state index contributed by atoms with van der Waals surface area (Å²) in [5.41, 5.74) is 3.07. The fourth-order valence-electron chi connectivity index (χ4n) is 3.01. The first kappa shape index (κ1) is 18.4. The molecule has 0 bridgehead atoms. The average Bonchev–Trinajstić information content (AvgIpc) is 2.62. The molecule has 3 aromatic carbocycles. The zero-order valence-corrected chi connectivity index (χ0v) is 15.6. The Hall–Kier alpha value is -2.42. The van der Waals surface area contributed by atoms with Crippen molar-refractivity contribution in [3.8, 4) is 22.3 Å². The number of hydrogen-bond donors (Lipinski definition) is 2. The molecule has 0 aliphatic rings. The molecule has 2 N–H and O–H groups in total. The molecule has 0 amide bonds. The second-order valence-corrected chi connectivity index (χ2v) is 7.61. The van der Waals surface area contributed by atoms with Gasteiger partial charge in [-0.25, -0.2) is 0 Å². The molecule has 2 nitrogen and oxygen atoms in total. The predicted octanol–water partition coefficient (Wildman–Crippen LogP) is 5.09. The summed E-state index contributed by atoms with van der Waals surface area (Å²) in [4.78, 5) is 0. The first-order chi connectivity index (χ1) is 12.3. The minimum atomic E-state index is -1.23. The first-order valence-electron chi connectivity index (χ1n) is 8.96. The third kappa shape index (κ3) is 3.87. The van der Waals surface area contributed by atoms with E-state index < -0.39 is 11.2 Å². The zero-order valence-electron chi connectivity index (χ0n) is 15.6. The fourth-order valence-corrected chi connectivity index (χ4v) is 3.01. The third-order valence-corrected chi connectivity index (χ3v) is 5.15. The van der Waals surface area contributed by atoms with E-state index >= 15 is 0 Å². The van der Waals surface area contributed by atoms with Crippen LogP contribution in [-0.4, -0.2) is 21.4 Å². The van der Waals surface area contributed by atoms with E-state index in [1.54, 1.807) is 20.8 Å². The van der Waals surface area contributed by atoms with Gasteiger partial charge in [0, 0.05) is 6.42 Å². The Morgan fingerprint density at radius 2 is 1.19 bits per heavy atom. The molecule has 0 spiro atoms. The molecule has 26 heavy (non-hydrogen) atoms. The lowest BCUT2D eigenvalue weighted by Gasteiger charge is -2.36. The van der Waals surface area contributed by atoms with Crippen LogP contribution in [0.3, 0.4) is 0 Å². The maximum atomic E-state index is 10.8. The van der Waals surface area contributed by atoms with Crippen molar-refractivity contribution in [2.24, 2.45) is 0 Å². The van der Waals surface area contributed by atoms with Gasteiger partial charge in [-0.05, 0) is 54.7 Å². The summed E-state index contributed by atoms with van der Waals surface area (Å²) in [5.74, 6) is 0. The highest BCUT2D eigenvalue weighted by molar-refractivity contribution is 5.75. The number of benzene rings is 3. The van der Waals surface area contributed by atoms with Crippen LogP contribution in [0.4, 0.5) is 0 Å². The molecule has 1 atom stereocenters. The lowest BCUT2D eigenvalue weighted by molar-refractivity contribution is -0.118. The Kier molecular flexibility index (Phi) is 4.99. The van der Waals surface area contributed by atoms with Gasteiger partial charge in [0.05, 0.1) is 11.2 Å². The van der Waals surface area contributed by atoms with Crippen molar-refractivity contribution < 1.29 is 10.2 Å². The monoisotopic (exact) mass is 346 g/mol. The second kappa shape index (κ2) is 7.06. The highest BCUT2D eigenvalue weighted by atomic mass is 16.3. The van der Waals surface area contributed by atoms with E-state index in [0.717, 1.165) is 27.8 Å². The second-order valence-electron chi connectivity index (χ2n) is 7.61. The molecule has 0 aromatic heterocycles. The summed E-state index contributed by atoms with van der Waals surface area (Å²) in [6.45, 7) is 4.98. The third-order valence-electron chi connectivity index (χ3n) is 5.15. The van der Waals surface area contributed by atoms with Crippen molar-refractivity contribution in [1.82, 2.24) is 0 Å². The molecule has 3 rings (SSSR count). The lowest BCUT2D eigenvalue weighted by atomic mass is 9.80. The van der Waals surface area contributed by atoms with Crippen LogP contribution < -0.4 is 0 Å². The molecular formula is C24H26O2. The fraction of sp³-hybridized carbons (Fsp3) is 0.250. The van der Waals surface area contributed by atoms with Gasteiger partial charge in [-0.1, -0.05) is 72.8 Å². The highest BCUT2D eigenvalue weighted by Crippen LogP contribution is 2.34. The summed E-state index contributed by atoms with van der Waals surface area (Å²) >= 11 is 0. The molecule has 0 radical (unpaired) electrons. The molecule has 0 aliphatic heterocycles. The van der Waals surface area contributed by atoms with Gasteiger partial charge in [-0.3, -0.25) is 0 Å². The van der Waals surface area contributed by atoms with Crippen molar-refractivity contribution >= 4 is 0 Å². The van der Waals surface area contributed by atoms with Gasteiger partial charge in [0.15, 0.2) is 0 Å². The summed E-state index contributed by atoms with van der Waals surface area (Å²) < 4.78 is 0. The maximum Gasteiger partial charge on any atom is 0.0940 e. The summed E-state index contributed by atoms with van der Waals surface area (Å²) in [6, 6.07) is 26.8. The van der Waals surface area contributed by atoms with Crippen LogP contribution in [0, 0.1) is 0 Å². The van der Waals surface area contributed by atoms with E-state index in [2.05, 4.69) is 42.5 Å². The summed E-state index contributed by atoms with van der Waals surface area (Å²) in [7, 11) is 0. The van der Waals surface area contributed by atoms with Crippen molar-refractivity contribution in [2.45, 2.75) is 38.4 Å². The molecule has 0 fully saturated rings. The van der Waals surface area contributed by atoms with Gasteiger partial charge >= 0.3 is 0 Å². The molecule has 1 unspecified atom stereocenters. The molecule has 0 saturated heterocycles. The lowest BCUT2D eigenvalue weighted by Crippen LogP contribution is -2.49. The Morgan fingerprint density at radius 3 is 1.73 bits per heavy atom. The highest BCUT2D eigenvalue weighted by Gasteiger charge is 2.38. The standard InChI is InChI=1S/C24H26O2/c1-23(2,25)24(3,26)17-21-15-14-20(18-10-6-4-7-11-18)16-22(21)19-12-8-5-9-13-19/h4-16,25-26H,17H2,1-3H3. The zero-order chi connectivity index (χ0) is 18.8. The van der Waals surface area contributed by atoms with Crippen molar-refractivity contribution in [1.29, 1.82) is 0 Å². The Morgan fingerprint density at radius 1 is 0.654 bits per heavy atom. The van der Waals surface area contributed by atoms with Crippen LogP contribution in [0.5, 0.6) is 0 Å². The topological polar surface area (TPSA) is 40.5 Å². The van der Waals surface area contributed by atoms with Gasteiger partial charge in [0.2, 0.25) is 0 Å². The van der Waals surface area contributed by atoms with Gasteiger partial charge in [0.25, 0.3) is 0 Å². The van der Waals surface area contributed by atoms with Crippen LogP contribution in [0.25, 0.3) is 22.3 Å². The maximum absolute atomic E-state index is 10.8. The van der Waals surface area contributed by atoms with Gasteiger partial charge in [-0.2, -0.15) is 0 Å². The van der Waals surface area contributed by atoms with Crippen molar-refractivity contribution in [2.75, 3.05) is 0 Å². The van der Waals surface area contributed by atoms with Crippen molar-refractivity contribution in [3.05, 3.63) is 84.4 Å². The van der Waals surface area contributed by atoms with Crippen LogP contribution in [0.15, 0.2) is 78.9 Å². The number of hydrogen-bond acceptors (Lipinski definition) is 2. The molecule has 134 valence electrons. The van der Waals surface area contributed by atoms with Crippen molar-refractivity contribution in [3.63, 3.8) is 0 Å². The molecule has 2 heteroatoms. The van der Waals surface area contributed by atoms with Crippen LogP contribution in [-0.2, 0) is 6.42 Å². The summed E-state index contributed by atoms with van der Waals surface area (Å²) in [6.07, 6.45) is 0.371. The largest absolute Gasteiger partial charge is 0.387 e. The van der Waals surface area contributed by atoms with E-state index in [-0.39, 0.29) is 0 Å². The van der Waals surface area contributed by atoms with E-state index in [1.807, 2.05) is 36.4 Å². The predicted molar refractivity (Wildman–Crippen MR) is 108 cm³/mol. The number of aliphatic hydroxyl groups is 2. The number of rotatable bonds is 5. The molecule has 0 heterocycles. The van der Waals surface area contributed by atoms with E-state index in [1.165, 1.54) is 0 Å². The molecule has 0 saturated carbocycles. The van der Waals surface area contributed by atoms with Crippen LogP contribution in [0.1, 0.15) is 26.3 Å². The van der Waals surface area contributed by atoms with Crippen LogP contribution >= 0.6 is 0 Å². The molecule has 0 aliphatic carbocycles. The minimum Gasteiger partial charge on any atom is -0.387 e. The summed E-state index contributed by atoms with van der Waals surface area (Å²) in [5, 5.41) is 21.2. The quantitative estimate of drug-likeness (QED) is 0.676. The van der Waals surface area contributed by atoms with Crippen LogP contribution in [0.2, 0.25) is 0 Å².